The molecule has 0 radical (unpaired) electrons. The van der Waals surface area contributed by atoms with E-state index >= 15 is 0 Å². The fourth-order valence-corrected chi connectivity index (χ4v) is 3.69. The lowest BCUT2D eigenvalue weighted by Crippen LogP contribution is -2.51. The first-order valence-corrected chi connectivity index (χ1v) is 9.17. The molecule has 1 amide bonds. The van der Waals surface area contributed by atoms with Gasteiger partial charge >= 0.3 is 0 Å². The average Bonchev–Trinajstić information content (AvgIpc) is 3.01. The maximum Gasteiger partial charge on any atom is 0.252 e. The molecule has 2 N–H and O–H groups in total. The molecule has 1 aliphatic rings. The zero-order valence-electron chi connectivity index (χ0n) is 14.3. The number of piperidine rings is 1. The molecule has 6 nitrogen and oxygen atoms in total. The van der Waals surface area contributed by atoms with Gasteiger partial charge in [-0.1, -0.05) is 17.3 Å². The molecule has 0 bridgehead atoms. The molecule has 136 valence electrons. The summed E-state index contributed by atoms with van der Waals surface area (Å²) in [6.07, 6.45) is 2.10. The molecule has 8 heteroatoms. The number of carbonyl (C=O) groups is 1. The second-order valence-electron chi connectivity index (χ2n) is 5.99. The fourth-order valence-electron chi connectivity index (χ4n) is 2.81. The Morgan fingerprint density at radius 2 is 2.24 bits per heavy atom. The van der Waals surface area contributed by atoms with Crippen LogP contribution >= 0.6 is 24.2 Å². The summed E-state index contributed by atoms with van der Waals surface area (Å²) in [5.41, 5.74) is 0.691. The highest BCUT2D eigenvalue weighted by molar-refractivity contribution is 7.98. The number of amides is 1. The summed E-state index contributed by atoms with van der Waals surface area (Å²) < 4.78 is 5.13. The average molecular weight is 383 g/mol. The molecule has 2 atom stereocenters. The van der Waals surface area contributed by atoms with E-state index in [0.29, 0.717) is 29.1 Å². The highest BCUT2D eigenvalue weighted by atomic mass is 35.5. The number of thioether (sulfide) groups is 1. The molecule has 0 aliphatic carbocycles. The Bertz CT molecular complexity index is 709. The number of benzene rings is 1. The number of halogens is 1. The van der Waals surface area contributed by atoms with Crippen LogP contribution in [0.2, 0.25) is 0 Å². The van der Waals surface area contributed by atoms with Crippen molar-refractivity contribution in [3.8, 4) is 0 Å². The van der Waals surface area contributed by atoms with E-state index in [2.05, 4.69) is 27.7 Å². The summed E-state index contributed by atoms with van der Waals surface area (Å²) in [5.74, 6) is 1.71. The van der Waals surface area contributed by atoms with Crippen molar-refractivity contribution in [3.05, 3.63) is 41.5 Å². The zero-order valence-corrected chi connectivity index (χ0v) is 16.0. The number of carbonyl (C=O) groups excluding carboxylic acids is 1. The topological polar surface area (TPSA) is 80.0 Å². The zero-order chi connectivity index (χ0) is 16.9. The van der Waals surface area contributed by atoms with Gasteiger partial charge in [-0.25, -0.2) is 0 Å². The predicted octanol–water partition coefficient (Wildman–Crippen LogP) is 2.96. The highest BCUT2D eigenvalue weighted by Gasteiger charge is 2.23. The molecule has 1 fully saturated rings. The number of aromatic nitrogens is 2. The third-order valence-electron chi connectivity index (χ3n) is 4.13. The Labute approximate surface area is 157 Å². The first-order chi connectivity index (χ1) is 11.6. The standard InChI is InChI=1S/C17H22N4O2S.ClH/c1-11-14(7-5-9-18-11)20-17(22)13-6-3-4-8-15(13)24-10-16-19-12(2)21-23-16;/h3-4,6,8,11,14,18H,5,7,9-10H2,1-2H3,(H,20,22);1H. The molecule has 0 saturated carbocycles. The molecule has 2 heterocycles. The van der Waals surface area contributed by atoms with E-state index in [9.17, 15) is 4.79 Å². The van der Waals surface area contributed by atoms with Crippen molar-refractivity contribution in [3.63, 3.8) is 0 Å². The normalized spacial score (nSPS) is 19.9. The van der Waals surface area contributed by atoms with Gasteiger partial charge in [-0.15, -0.1) is 24.2 Å². The number of hydrogen-bond acceptors (Lipinski definition) is 6. The third kappa shape index (κ3) is 5.20. The maximum atomic E-state index is 12.7. The third-order valence-corrected chi connectivity index (χ3v) is 5.19. The lowest BCUT2D eigenvalue weighted by Gasteiger charge is -2.30. The van der Waals surface area contributed by atoms with Crippen molar-refractivity contribution in [2.75, 3.05) is 6.54 Å². The van der Waals surface area contributed by atoms with E-state index in [0.717, 1.165) is 24.3 Å². The quantitative estimate of drug-likeness (QED) is 0.774. The van der Waals surface area contributed by atoms with E-state index < -0.39 is 0 Å². The van der Waals surface area contributed by atoms with Crippen molar-refractivity contribution in [2.45, 2.75) is 49.4 Å². The van der Waals surface area contributed by atoms with Gasteiger partial charge in [0.25, 0.3) is 5.91 Å². The monoisotopic (exact) mass is 382 g/mol. The van der Waals surface area contributed by atoms with Gasteiger partial charge in [-0.05, 0) is 45.4 Å². The Morgan fingerprint density at radius 3 is 2.96 bits per heavy atom. The molecular weight excluding hydrogens is 360 g/mol. The first kappa shape index (κ1) is 19.8. The maximum absolute atomic E-state index is 12.7. The van der Waals surface area contributed by atoms with Crippen LogP contribution in [0.5, 0.6) is 0 Å². The molecule has 1 aromatic heterocycles. The van der Waals surface area contributed by atoms with Crippen LogP contribution in [0.1, 0.15) is 41.8 Å². The number of aryl methyl sites for hydroxylation is 1. The van der Waals surface area contributed by atoms with Gasteiger partial charge in [0.1, 0.15) is 0 Å². The van der Waals surface area contributed by atoms with Gasteiger partial charge < -0.3 is 15.2 Å². The van der Waals surface area contributed by atoms with Crippen molar-refractivity contribution < 1.29 is 9.32 Å². The predicted molar refractivity (Wildman–Crippen MR) is 100 cm³/mol. The van der Waals surface area contributed by atoms with Crippen molar-refractivity contribution in [1.82, 2.24) is 20.8 Å². The smallest absolute Gasteiger partial charge is 0.252 e. The molecule has 1 saturated heterocycles. The summed E-state index contributed by atoms with van der Waals surface area (Å²) in [6, 6.07) is 8.09. The Morgan fingerprint density at radius 1 is 1.44 bits per heavy atom. The van der Waals surface area contributed by atoms with E-state index in [4.69, 9.17) is 4.52 Å². The summed E-state index contributed by atoms with van der Waals surface area (Å²) in [6.45, 7) is 4.92. The largest absolute Gasteiger partial charge is 0.348 e. The summed E-state index contributed by atoms with van der Waals surface area (Å²) in [4.78, 5) is 17.8. The van der Waals surface area contributed by atoms with Crippen LogP contribution in [-0.2, 0) is 5.75 Å². The van der Waals surface area contributed by atoms with Crippen LogP contribution in [0.4, 0.5) is 0 Å². The lowest BCUT2D eigenvalue weighted by molar-refractivity contribution is 0.0917. The van der Waals surface area contributed by atoms with Crippen LogP contribution in [0.15, 0.2) is 33.7 Å². The van der Waals surface area contributed by atoms with Crippen LogP contribution < -0.4 is 10.6 Å². The van der Waals surface area contributed by atoms with Crippen LogP contribution in [-0.4, -0.2) is 34.7 Å². The number of nitrogens with zero attached hydrogens (tertiary/aromatic N) is 2. The summed E-state index contributed by atoms with van der Waals surface area (Å²) >= 11 is 1.53. The minimum absolute atomic E-state index is 0. The van der Waals surface area contributed by atoms with E-state index in [1.807, 2.05) is 24.3 Å². The highest BCUT2D eigenvalue weighted by Crippen LogP contribution is 2.26. The van der Waals surface area contributed by atoms with E-state index in [1.54, 1.807) is 6.92 Å². The minimum Gasteiger partial charge on any atom is -0.348 e. The number of rotatable bonds is 5. The second kappa shape index (κ2) is 9.22. The molecule has 2 unspecified atom stereocenters. The van der Waals surface area contributed by atoms with E-state index in [-0.39, 0.29) is 24.4 Å². The second-order valence-corrected chi connectivity index (χ2v) is 7.00. The number of nitrogens with one attached hydrogen (secondary N) is 2. The Kier molecular flexibility index (Phi) is 7.28. The molecule has 0 spiro atoms. The number of hydrogen-bond donors (Lipinski definition) is 2. The molecule has 1 aromatic carbocycles. The summed E-state index contributed by atoms with van der Waals surface area (Å²) in [7, 11) is 0. The molecule has 3 rings (SSSR count). The Balaban J connectivity index is 0.00000225. The van der Waals surface area contributed by atoms with Gasteiger partial charge in [0, 0.05) is 17.0 Å². The lowest BCUT2D eigenvalue weighted by atomic mass is 9.99. The summed E-state index contributed by atoms with van der Waals surface area (Å²) in [5, 5.41) is 10.4. The molecular formula is C17H23ClN4O2S. The molecule has 25 heavy (non-hydrogen) atoms. The van der Waals surface area contributed by atoms with Gasteiger partial charge in [0.2, 0.25) is 5.89 Å². The van der Waals surface area contributed by atoms with Gasteiger partial charge in [0.05, 0.1) is 11.3 Å². The van der Waals surface area contributed by atoms with Crippen molar-refractivity contribution in [1.29, 1.82) is 0 Å². The Hall–Kier alpha value is -1.57. The minimum atomic E-state index is -0.0274. The van der Waals surface area contributed by atoms with Crippen molar-refractivity contribution >= 4 is 30.1 Å². The fraction of sp³-hybridized carbons (Fsp3) is 0.471. The molecule has 1 aliphatic heterocycles. The van der Waals surface area contributed by atoms with E-state index in [1.165, 1.54) is 11.8 Å². The van der Waals surface area contributed by atoms with Crippen LogP contribution in [0.25, 0.3) is 0 Å². The van der Waals surface area contributed by atoms with Gasteiger partial charge in [-0.3, -0.25) is 4.79 Å². The molecule has 2 aromatic rings. The van der Waals surface area contributed by atoms with Crippen LogP contribution in [0, 0.1) is 6.92 Å². The van der Waals surface area contributed by atoms with Gasteiger partial charge in [0.15, 0.2) is 5.82 Å². The van der Waals surface area contributed by atoms with Gasteiger partial charge in [-0.2, -0.15) is 4.98 Å². The van der Waals surface area contributed by atoms with Crippen LogP contribution in [0.3, 0.4) is 0 Å². The van der Waals surface area contributed by atoms with Crippen molar-refractivity contribution in [2.24, 2.45) is 0 Å². The first-order valence-electron chi connectivity index (χ1n) is 8.19. The SMILES string of the molecule is Cc1noc(CSc2ccccc2C(=O)NC2CCCNC2C)n1.Cl.